The second-order valence-corrected chi connectivity index (χ2v) is 8.75. The molecule has 4 aliphatic carbocycles. The van der Waals surface area contributed by atoms with Gasteiger partial charge >= 0.3 is 0 Å². The molecule has 3 unspecified atom stereocenters. The molecule has 2 heteroatoms. The minimum atomic E-state index is 0.106. The van der Waals surface area contributed by atoms with E-state index in [-0.39, 0.29) is 10.8 Å². The molecule has 0 amide bonds. The van der Waals surface area contributed by atoms with Crippen LogP contribution in [0.15, 0.2) is 23.3 Å². The number of allylic oxidation sites excluding steroid dienone is 3. The highest BCUT2D eigenvalue weighted by atomic mass is 16.1. The highest BCUT2D eigenvalue weighted by Crippen LogP contribution is 2.65. The summed E-state index contributed by atoms with van der Waals surface area (Å²) in [5.41, 5.74) is 2.83. The number of carbonyl (C=O) groups excluding carboxylic acids is 2. The van der Waals surface area contributed by atoms with Gasteiger partial charge in [-0.1, -0.05) is 25.5 Å². The SMILES string of the molecule is CC=C1C(=O)CC2C3CCC4=CC(=O)CC[C@@]4(C)C3CC[C@@]12C. The smallest absolute Gasteiger partial charge is 0.159 e. The van der Waals surface area contributed by atoms with E-state index < -0.39 is 0 Å². The van der Waals surface area contributed by atoms with Gasteiger partial charge in [0.25, 0.3) is 0 Å². The van der Waals surface area contributed by atoms with E-state index in [0.29, 0.717) is 35.7 Å². The molecule has 0 aromatic rings. The first-order valence-electron chi connectivity index (χ1n) is 9.34. The van der Waals surface area contributed by atoms with E-state index in [0.717, 1.165) is 31.3 Å². The maximum absolute atomic E-state index is 12.5. The normalized spacial score (nSPS) is 47.9. The number of Topliss-reactive ketones (excluding diaryl/α,β-unsaturated/α-hetero) is 1. The van der Waals surface area contributed by atoms with Crippen LogP contribution in [-0.2, 0) is 9.59 Å². The molecule has 0 radical (unpaired) electrons. The Hall–Kier alpha value is -1.18. The van der Waals surface area contributed by atoms with Gasteiger partial charge in [0.15, 0.2) is 11.6 Å². The predicted octanol–water partition coefficient (Wildman–Crippen LogP) is 4.64. The zero-order chi connectivity index (χ0) is 16.4. The van der Waals surface area contributed by atoms with Crippen LogP contribution < -0.4 is 0 Å². The van der Waals surface area contributed by atoms with Crippen molar-refractivity contribution >= 4 is 11.6 Å². The zero-order valence-corrected chi connectivity index (χ0v) is 14.7. The van der Waals surface area contributed by atoms with E-state index >= 15 is 0 Å². The summed E-state index contributed by atoms with van der Waals surface area (Å²) < 4.78 is 0. The summed E-state index contributed by atoms with van der Waals surface area (Å²) in [6, 6.07) is 0. The zero-order valence-electron chi connectivity index (χ0n) is 14.7. The number of hydrogen-bond acceptors (Lipinski definition) is 2. The third-order valence-electron chi connectivity index (χ3n) is 7.96. The molecule has 0 heterocycles. The van der Waals surface area contributed by atoms with Crippen molar-refractivity contribution in [1.29, 1.82) is 0 Å². The summed E-state index contributed by atoms with van der Waals surface area (Å²) in [7, 11) is 0. The summed E-state index contributed by atoms with van der Waals surface area (Å²) in [5.74, 6) is 2.56. The molecule has 0 aromatic heterocycles. The minimum absolute atomic E-state index is 0.106. The first-order valence-corrected chi connectivity index (χ1v) is 9.34. The molecule has 0 saturated heterocycles. The Morgan fingerprint density at radius 3 is 2.57 bits per heavy atom. The molecule has 124 valence electrons. The molecule has 3 fully saturated rings. The van der Waals surface area contributed by atoms with Crippen molar-refractivity contribution < 1.29 is 9.59 Å². The van der Waals surface area contributed by atoms with Crippen LogP contribution in [0.2, 0.25) is 0 Å². The molecule has 5 atom stereocenters. The highest BCUT2D eigenvalue weighted by molar-refractivity contribution is 5.99. The van der Waals surface area contributed by atoms with E-state index in [4.69, 9.17) is 0 Å². The van der Waals surface area contributed by atoms with Crippen LogP contribution in [0.25, 0.3) is 0 Å². The van der Waals surface area contributed by atoms with E-state index in [1.54, 1.807) is 0 Å². The third kappa shape index (κ3) is 1.93. The van der Waals surface area contributed by atoms with Crippen molar-refractivity contribution in [3.63, 3.8) is 0 Å². The first kappa shape index (κ1) is 15.4. The number of ketones is 2. The van der Waals surface area contributed by atoms with E-state index in [1.807, 2.05) is 13.0 Å². The number of carbonyl (C=O) groups is 2. The van der Waals surface area contributed by atoms with Crippen molar-refractivity contribution in [2.45, 2.75) is 65.7 Å². The Morgan fingerprint density at radius 2 is 1.83 bits per heavy atom. The van der Waals surface area contributed by atoms with Gasteiger partial charge in [-0.2, -0.15) is 0 Å². The quantitative estimate of drug-likeness (QED) is 0.610. The van der Waals surface area contributed by atoms with Gasteiger partial charge in [-0.25, -0.2) is 0 Å². The van der Waals surface area contributed by atoms with Gasteiger partial charge in [-0.3, -0.25) is 9.59 Å². The first-order chi connectivity index (χ1) is 10.9. The lowest BCUT2D eigenvalue weighted by Gasteiger charge is -2.57. The Bertz CT molecular complexity index is 640. The molecule has 3 saturated carbocycles. The summed E-state index contributed by atoms with van der Waals surface area (Å²) in [6.07, 6.45) is 11.1. The standard InChI is InChI=1S/C21H28O2/c1-4-16-19(23)12-18-15-6-5-13-11-14(22)7-9-20(13,2)17(15)8-10-21(16,18)3/h4,11,15,17-18H,5-10,12H2,1-3H3/t15?,17?,18?,20-,21+/m1/s1. The molecule has 4 rings (SSSR count). The largest absolute Gasteiger partial charge is 0.295 e. The lowest BCUT2D eigenvalue weighted by molar-refractivity contribution is -0.117. The molecule has 23 heavy (non-hydrogen) atoms. The molecule has 0 spiro atoms. The lowest BCUT2D eigenvalue weighted by Crippen LogP contribution is -2.49. The van der Waals surface area contributed by atoms with Gasteiger partial charge in [0.1, 0.15) is 0 Å². The van der Waals surface area contributed by atoms with E-state index in [9.17, 15) is 9.59 Å². The molecule has 4 aliphatic rings. The van der Waals surface area contributed by atoms with Gasteiger partial charge in [-0.15, -0.1) is 0 Å². The van der Waals surface area contributed by atoms with E-state index in [1.165, 1.54) is 18.4 Å². The summed E-state index contributed by atoms with van der Waals surface area (Å²) >= 11 is 0. The number of fused-ring (bicyclic) bond motifs is 5. The van der Waals surface area contributed by atoms with Crippen LogP contribution in [0.5, 0.6) is 0 Å². The van der Waals surface area contributed by atoms with Gasteiger partial charge < -0.3 is 0 Å². The van der Waals surface area contributed by atoms with Crippen LogP contribution in [0.4, 0.5) is 0 Å². The van der Waals surface area contributed by atoms with Crippen molar-refractivity contribution in [3.8, 4) is 0 Å². The fraction of sp³-hybridized carbons (Fsp3) is 0.714. The predicted molar refractivity (Wildman–Crippen MR) is 90.9 cm³/mol. The Morgan fingerprint density at radius 1 is 1.04 bits per heavy atom. The number of hydrogen-bond donors (Lipinski definition) is 0. The van der Waals surface area contributed by atoms with Crippen molar-refractivity contribution in [2.24, 2.45) is 28.6 Å². The van der Waals surface area contributed by atoms with Gasteiger partial charge in [0.2, 0.25) is 0 Å². The van der Waals surface area contributed by atoms with Crippen LogP contribution in [-0.4, -0.2) is 11.6 Å². The fourth-order valence-corrected chi connectivity index (χ4v) is 6.71. The number of rotatable bonds is 0. The van der Waals surface area contributed by atoms with Crippen molar-refractivity contribution in [3.05, 3.63) is 23.3 Å². The third-order valence-corrected chi connectivity index (χ3v) is 7.96. The second kappa shape index (κ2) is 4.91. The van der Waals surface area contributed by atoms with Gasteiger partial charge in [-0.05, 0) is 79.3 Å². The maximum atomic E-state index is 12.5. The molecule has 2 nitrogen and oxygen atoms in total. The molecule has 0 bridgehead atoms. The topological polar surface area (TPSA) is 34.1 Å². The summed E-state index contributed by atoms with van der Waals surface area (Å²) in [4.78, 5) is 24.4. The highest BCUT2D eigenvalue weighted by Gasteiger charge is 2.59. The van der Waals surface area contributed by atoms with Gasteiger partial charge in [0.05, 0.1) is 0 Å². The van der Waals surface area contributed by atoms with Crippen LogP contribution in [0.1, 0.15) is 65.7 Å². The Balaban J connectivity index is 1.72. The average molecular weight is 312 g/mol. The van der Waals surface area contributed by atoms with Gasteiger partial charge in [0, 0.05) is 12.8 Å². The van der Waals surface area contributed by atoms with Crippen LogP contribution in [0.3, 0.4) is 0 Å². The van der Waals surface area contributed by atoms with E-state index in [2.05, 4.69) is 19.9 Å². The second-order valence-electron chi connectivity index (χ2n) is 8.75. The average Bonchev–Trinajstić information content (AvgIpc) is 2.77. The molecular weight excluding hydrogens is 284 g/mol. The minimum Gasteiger partial charge on any atom is -0.295 e. The maximum Gasteiger partial charge on any atom is 0.159 e. The lowest BCUT2D eigenvalue weighted by atomic mass is 9.47. The molecule has 0 aliphatic heterocycles. The molecular formula is C21H28O2. The Kier molecular flexibility index (Phi) is 3.28. The molecule has 0 aromatic carbocycles. The fourth-order valence-electron chi connectivity index (χ4n) is 6.71. The van der Waals surface area contributed by atoms with Crippen LogP contribution >= 0.6 is 0 Å². The summed E-state index contributed by atoms with van der Waals surface area (Å²) in [6.45, 7) is 6.77. The van der Waals surface area contributed by atoms with Crippen molar-refractivity contribution in [2.75, 3.05) is 0 Å². The van der Waals surface area contributed by atoms with Crippen LogP contribution in [0, 0.1) is 28.6 Å². The van der Waals surface area contributed by atoms with Crippen molar-refractivity contribution in [1.82, 2.24) is 0 Å². The Labute approximate surface area is 139 Å². The monoisotopic (exact) mass is 312 g/mol. The summed E-state index contributed by atoms with van der Waals surface area (Å²) in [5, 5.41) is 0. The molecule has 0 N–H and O–H groups in total.